The lowest BCUT2D eigenvalue weighted by Crippen LogP contribution is -1.87. The number of hydrogen-bond acceptors (Lipinski definition) is 2. The molecule has 1 N–H and O–H groups in total. The van der Waals surface area contributed by atoms with Crippen LogP contribution in [0.15, 0.2) is 34.6 Å². The molecule has 0 atom stereocenters. The van der Waals surface area contributed by atoms with Crippen LogP contribution in [0.3, 0.4) is 0 Å². The van der Waals surface area contributed by atoms with Crippen molar-refractivity contribution in [1.82, 2.24) is 0 Å². The van der Waals surface area contributed by atoms with E-state index in [-0.39, 0.29) is 0 Å². The molecule has 1 rings (SSSR count). The van der Waals surface area contributed by atoms with Crippen LogP contribution in [0.4, 0.5) is 5.69 Å². The highest BCUT2D eigenvalue weighted by atomic mass is 15.4. The minimum absolute atomic E-state index is 0.777. The van der Waals surface area contributed by atoms with Crippen molar-refractivity contribution in [3.05, 3.63) is 29.8 Å². The third-order valence-electron chi connectivity index (χ3n) is 1.62. The van der Waals surface area contributed by atoms with Gasteiger partial charge >= 0.3 is 0 Å². The lowest BCUT2D eigenvalue weighted by Gasteiger charge is -1.98. The lowest BCUT2D eigenvalue weighted by molar-refractivity contribution is 0.858. The van der Waals surface area contributed by atoms with Gasteiger partial charge in [-0.2, -0.15) is 5.11 Å². The maximum absolute atomic E-state index is 3.92. The van der Waals surface area contributed by atoms with Gasteiger partial charge in [0.25, 0.3) is 0 Å². The summed E-state index contributed by atoms with van der Waals surface area (Å²) < 4.78 is 0. The highest BCUT2D eigenvalue weighted by molar-refractivity contribution is 5.43. The SMILES string of the molecule is CCC/N=N/Nc1ccc(C)cc1. The number of aryl methyl sites for hydroxylation is 1. The molecule has 1 aromatic rings. The predicted molar refractivity (Wildman–Crippen MR) is 54.8 cm³/mol. The maximum atomic E-state index is 3.92. The summed E-state index contributed by atoms with van der Waals surface area (Å²) in [5.41, 5.74) is 5.09. The molecule has 3 heteroatoms. The van der Waals surface area contributed by atoms with E-state index in [1.807, 2.05) is 24.3 Å². The molecule has 0 radical (unpaired) electrons. The Bertz CT molecular complexity index is 264. The quantitative estimate of drug-likeness (QED) is 0.556. The molecule has 0 saturated heterocycles. The average molecular weight is 177 g/mol. The van der Waals surface area contributed by atoms with Gasteiger partial charge in [-0.3, -0.25) is 5.43 Å². The van der Waals surface area contributed by atoms with Gasteiger partial charge in [-0.15, -0.1) is 0 Å². The van der Waals surface area contributed by atoms with Gasteiger partial charge in [-0.1, -0.05) is 29.8 Å². The van der Waals surface area contributed by atoms with Crippen molar-refractivity contribution in [3.63, 3.8) is 0 Å². The van der Waals surface area contributed by atoms with Gasteiger partial charge in [-0.05, 0) is 25.5 Å². The first-order valence-corrected chi connectivity index (χ1v) is 4.52. The van der Waals surface area contributed by atoms with Crippen LogP contribution in [0.25, 0.3) is 0 Å². The van der Waals surface area contributed by atoms with Crippen LogP contribution < -0.4 is 5.43 Å². The second-order valence-electron chi connectivity index (χ2n) is 2.94. The normalized spacial score (nSPS) is 10.6. The summed E-state index contributed by atoms with van der Waals surface area (Å²) in [5, 5.41) is 7.76. The van der Waals surface area contributed by atoms with Crippen LogP contribution in [0.2, 0.25) is 0 Å². The monoisotopic (exact) mass is 177 g/mol. The fourth-order valence-corrected chi connectivity index (χ4v) is 0.871. The Morgan fingerprint density at radius 2 is 1.92 bits per heavy atom. The maximum Gasteiger partial charge on any atom is 0.0617 e. The van der Waals surface area contributed by atoms with Crippen molar-refractivity contribution < 1.29 is 0 Å². The molecule has 0 aliphatic carbocycles. The molecule has 0 heterocycles. The van der Waals surface area contributed by atoms with Gasteiger partial charge in [0.15, 0.2) is 0 Å². The number of anilines is 1. The van der Waals surface area contributed by atoms with E-state index >= 15 is 0 Å². The fourth-order valence-electron chi connectivity index (χ4n) is 0.871. The average Bonchev–Trinajstić information content (AvgIpc) is 2.15. The van der Waals surface area contributed by atoms with E-state index in [1.54, 1.807) is 0 Å². The Kier molecular flexibility index (Phi) is 3.96. The molecule has 0 spiro atoms. The smallest absolute Gasteiger partial charge is 0.0617 e. The summed E-state index contributed by atoms with van der Waals surface area (Å²) in [7, 11) is 0. The first-order valence-electron chi connectivity index (χ1n) is 4.52. The minimum atomic E-state index is 0.777. The van der Waals surface area contributed by atoms with Crippen LogP contribution in [0, 0.1) is 6.92 Å². The Balaban J connectivity index is 2.41. The number of nitrogens with one attached hydrogen (secondary N) is 1. The van der Waals surface area contributed by atoms with Crippen LogP contribution >= 0.6 is 0 Å². The molecule has 0 aromatic heterocycles. The Hall–Kier alpha value is -1.38. The van der Waals surface area contributed by atoms with Crippen molar-refractivity contribution in [2.24, 2.45) is 10.3 Å². The fraction of sp³-hybridized carbons (Fsp3) is 0.400. The van der Waals surface area contributed by atoms with Crippen molar-refractivity contribution in [1.29, 1.82) is 0 Å². The number of benzene rings is 1. The Morgan fingerprint density at radius 3 is 2.54 bits per heavy atom. The number of rotatable bonds is 4. The molecule has 70 valence electrons. The minimum Gasteiger partial charge on any atom is -0.260 e. The van der Waals surface area contributed by atoms with Crippen LogP contribution in [-0.2, 0) is 0 Å². The van der Waals surface area contributed by atoms with Gasteiger partial charge < -0.3 is 0 Å². The number of hydrogen-bond donors (Lipinski definition) is 1. The van der Waals surface area contributed by atoms with E-state index in [9.17, 15) is 0 Å². The van der Waals surface area contributed by atoms with E-state index in [0.717, 1.165) is 18.7 Å². The Morgan fingerprint density at radius 1 is 1.23 bits per heavy atom. The van der Waals surface area contributed by atoms with E-state index in [4.69, 9.17) is 0 Å². The zero-order chi connectivity index (χ0) is 9.52. The zero-order valence-corrected chi connectivity index (χ0v) is 8.12. The molecule has 0 bridgehead atoms. The molecule has 0 fully saturated rings. The van der Waals surface area contributed by atoms with Crippen LogP contribution in [0.1, 0.15) is 18.9 Å². The largest absolute Gasteiger partial charge is 0.260 e. The standard InChI is InChI=1S/C10H15N3/c1-3-8-11-13-12-10-6-4-9(2)5-7-10/h4-7H,3,8H2,1-2H3,(H,11,12). The third kappa shape index (κ3) is 3.69. The molecule has 3 nitrogen and oxygen atoms in total. The zero-order valence-electron chi connectivity index (χ0n) is 8.12. The van der Waals surface area contributed by atoms with Crippen molar-refractivity contribution in [2.75, 3.05) is 12.0 Å². The van der Waals surface area contributed by atoms with Crippen molar-refractivity contribution in [3.8, 4) is 0 Å². The van der Waals surface area contributed by atoms with Gasteiger partial charge in [0.2, 0.25) is 0 Å². The molecule has 0 saturated carbocycles. The van der Waals surface area contributed by atoms with Gasteiger partial charge in [0, 0.05) is 0 Å². The van der Waals surface area contributed by atoms with Crippen molar-refractivity contribution >= 4 is 5.69 Å². The van der Waals surface area contributed by atoms with E-state index in [0.29, 0.717) is 0 Å². The topological polar surface area (TPSA) is 36.8 Å². The molecule has 1 aromatic carbocycles. The lowest BCUT2D eigenvalue weighted by atomic mass is 10.2. The van der Waals surface area contributed by atoms with E-state index in [2.05, 4.69) is 29.6 Å². The molecule has 0 amide bonds. The summed E-state index contributed by atoms with van der Waals surface area (Å²) in [5.74, 6) is 0. The summed E-state index contributed by atoms with van der Waals surface area (Å²) >= 11 is 0. The van der Waals surface area contributed by atoms with Gasteiger partial charge in [0.05, 0.1) is 12.2 Å². The highest BCUT2D eigenvalue weighted by Gasteiger charge is 1.87. The van der Waals surface area contributed by atoms with Gasteiger partial charge in [0.1, 0.15) is 0 Å². The van der Waals surface area contributed by atoms with Crippen LogP contribution in [-0.4, -0.2) is 6.54 Å². The van der Waals surface area contributed by atoms with E-state index in [1.165, 1.54) is 5.56 Å². The third-order valence-corrected chi connectivity index (χ3v) is 1.62. The summed E-state index contributed by atoms with van der Waals surface area (Å²) in [4.78, 5) is 0. The highest BCUT2D eigenvalue weighted by Crippen LogP contribution is 2.08. The van der Waals surface area contributed by atoms with E-state index < -0.39 is 0 Å². The summed E-state index contributed by atoms with van der Waals surface area (Å²) in [6.45, 7) is 4.91. The molecule has 0 aliphatic heterocycles. The molecule has 13 heavy (non-hydrogen) atoms. The molecule has 0 unspecified atom stereocenters. The summed E-state index contributed by atoms with van der Waals surface area (Å²) in [6.07, 6.45) is 1.03. The molecular formula is C10H15N3. The van der Waals surface area contributed by atoms with Crippen molar-refractivity contribution in [2.45, 2.75) is 20.3 Å². The number of nitrogens with zero attached hydrogens (tertiary/aromatic N) is 2. The van der Waals surface area contributed by atoms with Crippen LogP contribution in [0.5, 0.6) is 0 Å². The second kappa shape index (κ2) is 5.30. The first-order chi connectivity index (χ1) is 6.33. The Labute approximate surface area is 78.9 Å². The van der Waals surface area contributed by atoms with Gasteiger partial charge in [-0.25, -0.2) is 0 Å². The second-order valence-corrected chi connectivity index (χ2v) is 2.94. The first kappa shape index (κ1) is 9.71. The molecule has 0 aliphatic rings. The predicted octanol–water partition coefficient (Wildman–Crippen LogP) is 3.18. The summed E-state index contributed by atoms with van der Waals surface area (Å²) in [6, 6.07) is 8.05. The molecular weight excluding hydrogens is 162 g/mol.